The van der Waals surface area contributed by atoms with Gasteiger partial charge in [0.25, 0.3) is 0 Å². The second kappa shape index (κ2) is 9.11. The van der Waals surface area contributed by atoms with Crippen molar-refractivity contribution in [2.24, 2.45) is 0 Å². The van der Waals surface area contributed by atoms with Gasteiger partial charge in [-0.05, 0) is 36.1 Å². The third-order valence-electron chi connectivity index (χ3n) is 4.20. The van der Waals surface area contributed by atoms with Gasteiger partial charge in [0.15, 0.2) is 0 Å². The molecule has 2 aromatic rings. The summed E-state index contributed by atoms with van der Waals surface area (Å²) >= 11 is 0. The molecule has 0 saturated carbocycles. The summed E-state index contributed by atoms with van der Waals surface area (Å²) in [5.41, 5.74) is 3.57. The average molecular weight is 324 g/mol. The Kier molecular flexibility index (Phi) is 6.86. The molecule has 0 aliphatic rings. The highest BCUT2D eigenvalue weighted by molar-refractivity contribution is 5.76. The molecule has 0 unspecified atom stereocenters. The number of rotatable bonds is 8. The molecular weight excluding hydrogens is 296 g/mol. The molecule has 0 heterocycles. The van der Waals surface area contributed by atoms with E-state index < -0.39 is 0 Å². The molecule has 0 fully saturated rings. The number of hydrogen-bond acceptors (Lipinski definition) is 2. The Labute approximate surface area is 145 Å². The predicted octanol–water partition coefficient (Wildman–Crippen LogP) is 4.66. The second-order valence-corrected chi connectivity index (χ2v) is 6.35. The van der Waals surface area contributed by atoms with Crippen LogP contribution in [0.3, 0.4) is 0 Å². The molecule has 1 N–H and O–H groups in total. The molecule has 0 saturated heterocycles. The van der Waals surface area contributed by atoms with E-state index in [0.717, 1.165) is 12.2 Å². The number of carbonyl (C=O) groups excluding carboxylic acids is 1. The second-order valence-electron chi connectivity index (χ2n) is 6.35. The summed E-state index contributed by atoms with van der Waals surface area (Å²) in [6.07, 6.45) is 0.507. The Morgan fingerprint density at radius 1 is 1.04 bits per heavy atom. The van der Waals surface area contributed by atoms with Gasteiger partial charge in [-0.1, -0.05) is 56.3 Å². The number of nitrogens with zero attached hydrogens (tertiary/aromatic N) is 1. The van der Waals surface area contributed by atoms with Crippen molar-refractivity contribution in [1.29, 1.82) is 0 Å². The highest BCUT2D eigenvalue weighted by atomic mass is 16.2. The molecule has 24 heavy (non-hydrogen) atoms. The normalized spacial score (nSPS) is 10.7. The first-order valence-corrected chi connectivity index (χ1v) is 8.75. The van der Waals surface area contributed by atoms with Gasteiger partial charge in [-0.2, -0.15) is 0 Å². The largest absolute Gasteiger partial charge is 0.385 e. The van der Waals surface area contributed by atoms with Crippen molar-refractivity contribution < 1.29 is 4.79 Å². The zero-order valence-electron chi connectivity index (χ0n) is 15.0. The maximum Gasteiger partial charge on any atom is 0.224 e. The third-order valence-corrected chi connectivity index (χ3v) is 4.20. The van der Waals surface area contributed by atoms with Crippen molar-refractivity contribution in [2.45, 2.75) is 39.7 Å². The van der Waals surface area contributed by atoms with Gasteiger partial charge < -0.3 is 10.2 Å². The maximum absolute atomic E-state index is 12.4. The SMILES string of the molecule is CCN(Cc1ccccc1)C(=O)CCNc1ccc(C(C)C)cc1. The van der Waals surface area contributed by atoms with E-state index in [2.05, 4.69) is 55.6 Å². The van der Waals surface area contributed by atoms with Gasteiger partial charge in [-0.15, -0.1) is 0 Å². The van der Waals surface area contributed by atoms with Crippen LogP contribution in [0.25, 0.3) is 0 Å². The summed E-state index contributed by atoms with van der Waals surface area (Å²) in [6, 6.07) is 18.6. The minimum Gasteiger partial charge on any atom is -0.385 e. The van der Waals surface area contributed by atoms with E-state index in [0.29, 0.717) is 25.4 Å². The lowest BCUT2D eigenvalue weighted by atomic mass is 10.0. The van der Waals surface area contributed by atoms with Crippen molar-refractivity contribution in [3.05, 3.63) is 65.7 Å². The van der Waals surface area contributed by atoms with Gasteiger partial charge in [0.05, 0.1) is 0 Å². The topological polar surface area (TPSA) is 32.3 Å². The minimum atomic E-state index is 0.188. The number of anilines is 1. The fourth-order valence-corrected chi connectivity index (χ4v) is 2.64. The summed E-state index contributed by atoms with van der Waals surface area (Å²) in [5.74, 6) is 0.726. The lowest BCUT2D eigenvalue weighted by Crippen LogP contribution is -2.31. The lowest BCUT2D eigenvalue weighted by Gasteiger charge is -2.21. The summed E-state index contributed by atoms with van der Waals surface area (Å²) in [6.45, 7) is 8.47. The molecule has 128 valence electrons. The summed E-state index contributed by atoms with van der Waals surface area (Å²) in [5, 5.41) is 3.34. The zero-order chi connectivity index (χ0) is 17.4. The number of carbonyl (C=O) groups is 1. The van der Waals surface area contributed by atoms with E-state index in [1.807, 2.05) is 30.0 Å². The highest BCUT2D eigenvalue weighted by Gasteiger charge is 2.11. The molecule has 2 rings (SSSR count). The standard InChI is InChI=1S/C21H28N2O/c1-4-23(16-18-8-6-5-7-9-18)21(24)14-15-22-20-12-10-19(11-13-20)17(2)3/h5-13,17,22H,4,14-16H2,1-3H3. The molecule has 0 aromatic heterocycles. The quantitative estimate of drug-likeness (QED) is 0.766. The first-order valence-electron chi connectivity index (χ1n) is 8.75. The molecule has 0 atom stereocenters. The van der Waals surface area contributed by atoms with Crippen LogP contribution in [0, 0.1) is 0 Å². The van der Waals surface area contributed by atoms with Crippen LogP contribution in [-0.4, -0.2) is 23.9 Å². The van der Waals surface area contributed by atoms with E-state index in [4.69, 9.17) is 0 Å². The molecule has 2 aromatic carbocycles. The Morgan fingerprint density at radius 2 is 1.71 bits per heavy atom. The van der Waals surface area contributed by atoms with Crippen molar-refractivity contribution in [2.75, 3.05) is 18.4 Å². The Bertz CT molecular complexity index is 620. The van der Waals surface area contributed by atoms with Crippen LogP contribution >= 0.6 is 0 Å². The van der Waals surface area contributed by atoms with Gasteiger partial charge in [-0.25, -0.2) is 0 Å². The first kappa shape index (κ1) is 18.1. The van der Waals surface area contributed by atoms with E-state index >= 15 is 0 Å². The highest BCUT2D eigenvalue weighted by Crippen LogP contribution is 2.17. The summed E-state index contributed by atoms with van der Waals surface area (Å²) in [4.78, 5) is 14.3. The molecule has 0 spiro atoms. The Hall–Kier alpha value is -2.29. The number of nitrogens with one attached hydrogen (secondary N) is 1. The molecule has 1 amide bonds. The van der Waals surface area contributed by atoms with Crippen LogP contribution < -0.4 is 5.32 Å². The van der Waals surface area contributed by atoms with Crippen molar-refractivity contribution in [1.82, 2.24) is 4.90 Å². The van der Waals surface area contributed by atoms with Crippen LogP contribution in [0.1, 0.15) is 44.2 Å². The van der Waals surface area contributed by atoms with Crippen LogP contribution in [0.5, 0.6) is 0 Å². The molecule has 0 aliphatic heterocycles. The average Bonchev–Trinajstić information content (AvgIpc) is 2.61. The fraction of sp³-hybridized carbons (Fsp3) is 0.381. The van der Waals surface area contributed by atoms with Crippen LogP contribution in [0.15, 0.2) is 54.6 Å². The molecule has 0 radical (unpaired) electrons. The van der Waals surface area contributed by atoms with Gasteiger partial charge in [0.1, 0.15) is 0 Å². The maximum atomic E-state index is 12.4. The van der Waals surface area contributed by atoms with Gasteiger partial charge >= 0.3 is 0 Å². The number of hydrogen-bond donors (Lipinski definition) is 1. The van der Waals surface area contributed by atoms with E-state index in [-0.39, 0.29) is 5.91 Å². The third kappa shape index (κ3) is 5.41. The summed E-state index contributed by atoms with van der Waals surface area (Å²) < 4.78 is 0. The van der Waals surface area contributed by atoms with Crippen LogP contribution in [0.2, 0.25) is 0 Å². The number of benzene rings is 2. The van der Waals surface area contributed by atoms with Crippen molar-refractivity contribution in [3.8, 4) is 0 Å². The molecular formula is C21H28N2O. The Morgan fingerprint density at radius 3 is 2.29 bits per heavy atom. The van der Waals surface area contributed by atoms with Crippen LogP contribution in [0.4, 0.5) is 5.69 Å². The minimum absolute atomic E-state index is 0.188. The monoisotopic (exact) mass is 324 g/mol. The Balaban J connectivity index is 1.80. The smallest absolute Gasteiger partial charge is 0.224 e. The molecule has 3 nitrogen and oxygen atoms in total. The summed E-state index contributed by atoms with van der Waals surface area (Å²) in [7, 11) is 0. The van der Waals surface area contributed by atoms with E-state index in [1.165, 1.54) is 11.1 Å². The van der Waals surface area contributed by atoms with Crippen molar-refractivity contribution >= 4 is 11.6 Å². The lowest BCUT2D eigenvalue weighted by molar-refractivity contribution is -0.131. The number of amides is 1. The van der Waals surface area contributed by atoms with E-state index in [1.54, 1.807) is 0 Å². The molecule has 0 bridgehead atoms. The first-order chi connectivity index (χ1) is 11.6. The molecule has 0 aliphatic carbocycles. The fourth-order valence-electron chi connectivity index (χ4n) is 2.64. The van der Waals surface area contributed by atoms with Crippen LogP contribution in [-0.2, 0) is 11.3 Å². The van der Waals surface area contributed by atoms with Gasteiger partial charge in [0.2, 0.25) is 5.91 Å². The zero-order valence-corrected chi connectivity index (χ0v) is 15.0. The molecule has 3 heteroatoms. The van der Waals surface area contributed by atoms with E-state index in [9.17, 15) is 4.79 Å². The van der Waals surface area contributed by atoms with Gasteiger partial charge in [0, 0.05) is 31.7 Å². The van der Waals surface area contributed by atoms with Crippen molar-refractivity contribution in [3.63, 3.8) is 0 Å². The predicted molar refractivity (Wildman–Crippen MR) is 101 cm³/mol. The van der Waals surface area contributed by atoms with Gasteiger partial charge in [-0.3, -0.25) is 4.79 Å².